The predicted octanol–water partition coefficient (Wildman–Crippen LogP) is 3.83. The van der Waals surface area contributed by atoms with Crippen LogP contribution >= 0.6 is 15.9 Å². The van der Waals surface area contributed by atoms with E-state index in [4.69, 9.17) is 0 Å². The molecule has 3 rings (SSSR count). The predicted molar refractivity (Wildman–Crippen MR) is 86.2 cm³/mol. The van der Waals surface area contributed by atoms with E-state index in [2.05, 4.69) is 43.0 Å². The molecule has 2 fully saturated rings. The van der Waals surface area contributed by atoms with Crippen molar-refractivity contribution in [2.24, 2.45) is 5.92 Å². The van der Waals surface area contributed by atoms with Crippen LogP contribution in [0.5, 0.6) is 0 Å². The van der Waals surface area contributed by atoms with Gasteiger partial charge in [-0.25, -0.2) is 9.97 Å². The number of nitrogens with one attached hydrogen (secondary N) is 1. The summed E-state index contributed by atoms with van der Waals surface area (Å²) in [7, 11) is 0. The van der Waals surface area contributed by atoms with E-state index >= 15 is 0 Å². The first-order valence-corrected chi connectivity index (χ1v) is 8.61. The molecule has 2 heterocycles. The molecule has 1 saturated heterocycles. The van der Waals surface area contributed by atoms with Crippen LogP contribution in [0.4, 0.5) is 11.6 Å². The molecule has 1 N–H and O–H groups in total. The number of nitrogens with zero attached hydrogens (tertiary/aromatic N) is 3. The topological polar surface area (TPSA) is 41.1 Å². The summed E-state index contributed by atoms with van der Waals surface area (Å²) in [5.41, 5.74) is 0. The summed E-state index contributed by atoms with van der Waals surface area (Å²) in [6.45, 7) is 4.25. The van der Waals surface area contributed by atoms with Crippen molar-refractivity contribution in [2.75, 3.05) is 23.3 Å². The highest BCUT2D eigenvalue weighted by Crippen LogP contribution is 2.41. The zero-order valence-electron chi connectivity index (χ0n) is 12.1. The van der Waals surface area contributed by atoms with Crippen LogP contribution in [0.25, 0.3) is 0 Å². The molecule has 110 valence electrons. The molecule has 2 unspecified atom stereocenters. The van der Waals surface area contributed by atoms with Crippen LogP contribution in [-0.2, 0) is 0 Å². The fourth-order valence-electron chi connectivity index (χ4n) is 3.60. The lowest BCUT2D eigenvalue weighted by Gasteiger charge is -2.33. The molecule has 0 spiro atoms. The summed E-state index contributed by atoms with van der Waals surface area (Å²) in [6.07, 6.45) is 9.58. The lowest BCUT2D eigenvalue weighted by Crippen LogP contribution is -2.35. The van der Waals surface area contributed by atoms with Crippen molar-refractivity contribution in [3.8, 4) is 0 Å². The van der Waals surface area contributed by atoms with E-state index in [9.17, 15) is 0 Å². The molecule has 1 aromatic heterocycles. The van der Waals surface area contributed by atoms with Gasteiger partial charge in [-0.3, -0.25) is 0 Å². The Labute approximate surface area is 129 Å². The van der Waals surface area contributed by atoms with E-state index in [0.717, 1.165) is 41.5 Å². The van der Waals surface area contributed by atoms with Crippen molar-refractivity contribution in [1.29, 1.82) is 0 Å². The zero-order chi connectivity index (χ0) is 13.9. The summed E-state index contributed by atoms with van der Waals surface area (Å²) in [5, 5.41) is 3.37. The third-order valence-electron chi connectivity index (χ3n) is 4.60. The molecule has 1 aliphatic carbocycles. The van der Waals surface area contributed by atoms with Gasteiger partial charge in [0.15, 0.2) is 0 Å². The second-order valence-electron chi connectivity index (χ2n) is 5.88. The molecule has 0 amide bonds. The van der Waals surface area contributed by atoms with E-state index < -0.39 is 0 Å². The number of hydrogen-bond donors (Lipinski definition) is 1. The Hall–Kier alpha value is -0.840. The maximum atomic E-state index is 4.55. The molecule has 4 nitrogen and oxygen atoms in total. The normalized spacial score (nSPS) is 25.6. The average Bonchev–Trinajstić information content (AvgIpc) is 2.90. The summed E-state index contributed by atoms with van der Waals surface area (Å²) in [6, 6.07) is 0.689. The molecule has 2 atom stereocenters. The van der Waals surface area contributed by atoms with Crippen molar-refractivity contribution in [2.45, 2.75) is 51.5 Å². The highest BCUT2D eigenvalue weighted by molar-refractivity contribution is 9.10. The van der Waals surface area contributed by atoms with Crippen molar-refractivity contribution in [1.82, 2.24) is 9.97 Å². The van der Waals surface area contributed by atoms with Gasteiger partial charge in [-0.1, -0.05) is 19.8 Å². The number of rotatable bonds is 4. The third-order valence-corrected chi connectivity index (χ3v) is 5.33. The number of hydrogen-bond acceptors (Lipinski definition) is 4. The van der Waals surface area contributed by atoms with Gasteiger partial charge in [0.05, 0.1) is 0 Å². The van der Waals surface area contributed by atoms with Crippen LogP contribution in [0.2, 0.25) is 0 Å². The van der Waals surface area contributed by atoms with Crippen LogP contribution in [0, 0.1) is 5.92 Å². The lowest BCUT2D eigenvalue weighted by atomic mass is 9.85. The molecule has 5 heteroatoms. The summed E-state index contributed by atoms with van der Waals surface area (Å²) < 4.78 is 1.03. The molecule has 20 heavy (non-hydrogen) atoms. The number of fused-ring (bicyclic) bond motifs is 1. The SMILES string of the molecule is CCCNc1ncnc(N2CCC3CCCCC32)c1Br. The van der Waals surface area contributed by atoms with Crippen molar-refractivity contribution in [3.63, 3.8) is 0 Å². The second-order valence-corrected chi connectivity index (χ2v) is 6.67. The van der Waals surface area contributed by atoms with Gasteiger partial charge in [0, 0.05) is 19.1 Å². The molecule has 2 aliphatic rings. The van der Waals surface area contributed by atoms with Gasteiger partial charge >= 0.3 is 0 Å². The summed E-state index contributed by atoms with van der Waals surface area (Å²) in [5.74, 6) is 2.88. The zero-order valence-corrected chi connectivity index (χ0v) is 13.7. The number of anilines is 2. The Morgan fingerprint density at radius 3 is 3.00 bits per heavy atom. The fourth-order valence-corrected chi connectivity index (χ4v) is 4.17. The molecular formula is C15H23BrN4. The summed E-state index contributed by atoms with van der Waals surface area (Å²) in [4.78, 5) is 11.4. The monoisotopic (exact) mass is 338 g/mol. The van der Waals surface area contributed by atoms with Crippen molar-refractivity contribution < 1.29 is 0 Å². The highest BCUT2D eigenvalue weighted by atomic mass is 79.9. The number of halogens is 1. The van der Waals surface area contributed by atoms with Gasteiger partial charge in [0.25, 0.3) is 0 Å². The Bertz CT molecular complexity index is 465. The Balaban J connectivity index is 1.82. The van der Waals surface area contributed by atoms with Crippen LogP contribution in [-0.4, -0.2) is 29.1 Å². The molecule has 1 aromatic rings. The smallest absolute Gasteiger partial charge is 0.148 e. The van der Waals surface area contributed by atoms with Crippen molar-refractivity contribution in [3.05, 3.63) is 10.8 Å². The first-order chi connectivity index (χ1) is 9.81. The Morgan fingerprint density at radius 1 is 1.30 bits per heavy atom. The lowest BCUT2D eigenvalue weighted by molar-refractivity contribution is 0.341. The van der Waals surface area contributed by atoms with E-state index in [1.54, 1.807) is 6.33 Å². The molecule has 1 aliphatic heterocycles. The molecule has 0 bridgehead atoms. The first kappa shape index (κ1) is 14.1. The highest BCUT2D eigenvalue weighted by Gasteiger charge is 2.37. The minimum atomic E-state index is 0.689. The van der Waals surface area contributed by atoms with Crippen LogP contribution in [0.15, 0.2) is 10.8 Å². The van der Waals surface area contributed by atoms with Crippen LogP contribution in [0.3, 0.4) is 0 Å². The van der Waals surface area contributed by atoms with Gasteiger partial charge in [0.1, 0.15) is 22.4 Å². The standard InChI is InChI=1S/C15H23BrN4/c1-2-8-17-14-13(16)15(19-10-18-14)20-9-7-11-5-3-4-6-12(11)20/h10-12H,2-9H2,1H3,(H,17,18,19). The molecular weight excluding hydrogens is 316 g/mol. The fraction of sp³-hybridized carbons (Fsp3) is 0.733. The minimum absolute atomic E-state index is 0.689. The van der Waals surface area contributed by atoms with Crippen LogP contribution in [0.1, 0.15) is 45.4 Å². The van der Waals surface area contributed by atoms with E-state index in [0.29, 0.717) is 6.04 Å². The minimum Gasteiger partial charge on any atom is -0.369 e. The quantitative estimate of drug-likeness (QED) is 0.905. The van der Waals surface area contributed by atoms with E-state index in [1.807, 2.05) is 0 Å². The van der Waals surface area contributed by atoms with E-state index in [-0.39, 0.29) is 0 Å². The maximum absolute atomic E-state index is 4.55. The Kier molecular flexibility index (Phi) is 4.44. The van der Waals surface area contributed by atoms with Gasteiger partial charge in [-0.2, -0.15) is 0 Å². The largest absolute Gasteiger partial charge is 0.369 e. The van der Waals surface area contributed by atoms with Crippen molar-refractivity contribution >= 4 is 27.6 Å². The van der Waals surface area contributed by atoms with Gasteiger partial charge < -0.3 is 10.2 Å². The molecule has 0 aromatic carbocycles. The third kappa shape index (κ3) is 2.65. The first-order valence-electron chi connectivity index (χ1n) is 7.82. The second kappa shape index (κ2) is 6.29. The number of aromatic nitrogens is 2. The summed E-state index contributed by atoms with van der Waals surface area (Å²) >= 11 is 3.71. The van der Waals surface area contributed by atoms with Gasteiger partial charge in [-0.15, -0.1) is 0 Å². The maximum Gasteiger partial charge on any atom is 0.148 e. The molecule has 0 radical (unpaired) electrons. The van der Waals surface area contributed by atoms with Gasteiger partial charge in [-0.05, 0) is 47.5 Å². The van der Waals surface area contributed by atoms with E-state index in [1.165, 1.54) is 32.1 Å². The van der Waals surface area contributed by atoms with Crippen LogP contribution < -0.4 is 10.2 Å². The Morgan fingerprint density at radius 2 is 2.15 bits per heavy atom. The van der Waals surface area contributed by atoms with Gasteiger partial charge in [0.2, 0.25) is 0 Å². The molecule has 1 saturated carbocycles. The average molecular weight is 339 g/mol.